The van der Waals surface area contributed by atoms with Crippen molar-refractivity contribution < 1.29 is 27.4 Å². The molecule has 3 rings (SSSR count). The standard InChI is InChI=1S/C19H18F3NO3S/c1-25-15-8-5-13(16(9-15)26-2)10-23-17(24)11-27-18(23)12-3-6-14(7-4-12)19(20,21)22/h3-9,18H,10-11H2,1-2H3. The van der Waals surface area contributed by atoms with Crippen LogP contribution in [0.2, 0.25) is 0 Å². The fourth-order valence-electron chi connectivity index (χ4n) is 2.90. The van der Waals surface area contributed by atoms with Gasteiger partial charge in [-0.3, -0.25) is 4.79 Å². The second-order valence-electron chi connectivity index (χ2n) is 5.98. The Morgan fingerprint density at radius 3 is 2.41 bits per heavy atom. The molecule has 1 aliphatic heterocycles. The van der Waals surface area contributed by atoms with E-state index in [1.807, 2.05) is 6.07 Å². The molecule has 1 fully saturated rings. The summed E-state index contributed by atoms with van der Waals surface area (Å²) in [6.07, 6.45) is -4.38. The van der Waals surface area contributed by atoms with Gasteiger partial charge in [0.25, 0.3) is 0 Å². The molecule has 1 amide bonds. The van der Waals surface area contributed by atoms with Gasteiger partial charge in [0.05, 0.1) is 32.1 Å². The molecule has 2 aromatic carbocycles. The summed E-state index contributed by atoms with van der Waals surface area (Å²) < 4.78 is 48.9. The summed E-state index contributed by atoms with van der Waals surface area (Å²) >= 11 is 1.40. The largest absolute Gasteiger partial charge is 0.497 e. The number of carbonyl (C=O) groups is 1. The third-order valence-corrected chi connectivity index (χ3v) is 5.58. The van der Waals surface area contributed by atoms with E-state index >= 15 is 0 Å². The molecule has 1 atom stereocenters. The molecule has 0 saturated carbocycles. The number of nitrogens with zero attached hydrogens (tertiary/aromatic N) is 1. The van der Waals surface area contributed by atoms with Crippen molar-refractivity contribution in [3.8, 4) is 11.5 Å². The van der Waals surface area contributed by atoms with Crippen LogP contribution in [0.25, 0.3) is 0 Å². The summed E-state index contributed by atoms with van der Waals surface area (Å²) in [5, 5.41) is -0.341. The first-order valence-electron chi connectivity index (χ1n) is 8.12. The molecular formula is C19H18F3NO3S. The number of ether oxygens (including phenoxy) is 2. The lowest BCUT2D eigenvalue weighted by molar-refractivity contribution is -0.137. The van der Waals surface area contributed by atoms with Crippen LogP contribution in [-0.4, -0.2) is 30.8 Å². The molecule has 8 heteroatoms. The Morgan fingerprint density at radius 2 is 1.81 bits per heavy atom. The summed E-state index contributed by atoms with van der Waals surface area (Å²) in [6.45, 7) is 0.296. The number of amides is 1. The molecular weight excluding hydrogens is 379 g/mol. The predicted molar refractivity (Wildman–Crippen MR) is 96.7 cm³/mol. The van der Waals surface area contributed by atoms with Gasteiger partial charge in [0.15, 0.2) is 0 Å². The average Bonchev–Trinajstić information content (AvgIpc) is 3.02. The molecule has 0 N–H and O–H groups in total. The molecule has 1 unspecified atom stereocenters. The van der Waals surface area contributed by atoms with Crippen molar-refractivity contribution in [2.75, 3.05) is 20.0 Å². The van der Waals surface area contributed by atoms with Gasteiger partial charge in [0.2, 0.25) is 5.91 Å². The van der Waals surface area contributed by atoms with Gasteiger partial charge in [-0.1, -0.05) is 12.1 Å². The Hall–Kier alpha value is -2.35. The summed E-state index contributed by atoms with van der Waals surface area (Å²) in [4.78, 5) is 14.0. The second kappa shape index (κ2) is 7.72. The molecule has 1 saturated heterocycles. The Bertz CT molecular complexity index is 824. The van der Waals surface area contributed by atoms with E-state index in [0.717, 1.165) is 17.7 Å². The maximum atomic E-state index is 12.8. The van der Waals surface area contributed by atoms with Gasteiger partial charge in [-0.25, -0.2) is 0 Å². The van der Waals surface area contributed by atoms with Crippen LogP contribution in [0.15, 0.2) is 42.5 Å². The zero-order valence-corrected chi connectivity index (χ0v) is 15.6. The lowest BCUT2D eigenvalue weighted by atomic mass is 10.1. The first-order valence-corrected chi connectivity index (χ1v) is 9.17. The fourth-order valence-corrected chi connectivity index (χ4v) is 4.09. The molecule has 2 aromatic rings. The molecule has 27 heavy (non-hydrogen) atoms. The van der Waals surface area contributed by atoms with Crippen LogP contribution in [0.3, 0.4) is 0 Å². The normalized spacial score (nSPS) is 17.3. The van der Waals surface area contributed by atoms with Crippen LogP contribution in [0, 0.1) is 0 Å². The van der Waals surface area contributed by atoms with Crippen LogP contribution in [0.4, 0.5) is 13.2 Å². The monoisotopic (exact) mass is 397 g/mol. The topological polar surface area (TPSA) is 38.8 Å². The minimum atomic E-state index is -4.38. The highest BCUT2D eigenvalue weighted by Crippen LogP contribution is 2.41. The number of halogens is 3. The molecule has 4 nitrogen and oxygen atoms in total. The summed E-state index contributed by atoms with van der Waals surface area (Å²) in [5.41, 5.74) is 0.751. The van der Waals surface area contributed by atoms with Gasteiger partial charge in [0, 0.05) is 11.6 Å². The van der Waals surface area contributed by atoms with Gasteiger partial charge in [-0.15, -0.1) is 11.8 Å². The van der Waals surface area contributed by atoms with Crippen molar-refractivity contribution in [2.24, 2.45) is 0 Å². The zero-order valence-electron chi connectivity index (χ0n) is 14.7. The van der Waals surface area contributed by atoms with E-state index in [0.29, 0.717) is 23.6 Å². The average molecular weight is 397 g/mol. The number of thioether (sulfide) groups is 1. The molecule has 0 radical (unpaired) electrons. The van der Waals surface area contributed by atoms with Crippen LogP contribution in [-0.2, 0) is 17.5 Å². The van der Waals surface area contributed by atoms with E-state index in [4.69, 9.17) is 9.47 Å². The van der Waals surface area contributed by atoms with Gasteiger partial charge >= 0.3 is 6.18 Å². The highest BCUT2D eigenvalue weighted by Gasteiger charge is 2.35. The Morgan fingerprint density at radius 1 is 1.11 bits per heavy atom. The van der Waals surface area contributed by atoms with Crippen molar-refractivity contribution in [1.29, 1.82) is 0 Å². The van der Waals surface area contributed by atoms with Crippen LogP contribution >= 0.6 is 11.8 Å². The number of hydrogen-bond acceptors (Lipinski definition) is 4. The van der Waals surface area contributed by atoms with E-state index in [1.54, 1.807) is 24.1 Å². The van der Waals surface area contributed by atoms with Crippen LogP contribution in [0.5, 0.6) is 11.5 Å². The van der Waals surface area contributed by atoms with E-state index in [1.165, 1.54) is 31.0 Å². The number of benzene rings is 2. The minimum Gasteiger partial charge on any atom is -0.497 e. The number of hydrogen-bond donors (Lipinski definition) is 0. The Labute approximate surface area is 159 Å². The van der Waals surface area contributed by atoms with Crippen molar-refractivity contribution in [2.45, 2.75) is 18.1 Å². The van der Waals surface area contributed by atoms with Gasteiger partial charge in [0.1, 0.15) is 16.9 Å². The highest BCUT2D eigenvalue weighted by molar-refractivity contribution is 8.00. The molecule has 0 spiro atoms. The molecule has 0 aliphatic carbocycles. The quantitative estimate of drug-likeness (QED) is 0.745. The van der Waals surface area contributed by atoms with Crippen molar-refractivity contribution in [3.05, 3.63) is 59.2 Å². The van der Waals surface area contributed by atoms with E-state index in [2.05, 4.69) is 0 Å². The summed E-state index contributed by atoms with van der Waals surface area (Å²) in [6, 6.07) is 10.3. The second-order valence-corrected chi connectivity index (χ2v) is 7.05. The van der Waals surface area contributed by atoms with Gasteiger partial charge in [-0.05, 0) is 29.8 Å². The maximum Gasteiger partial charge on any atom is 0.416 e. The molecule has 0 aromatic heterocycles. The Kier molecular flexibility index (Phi) is 5.55. The zero-order chi connectivity index (χ0) is 19.6. The lowest BCUT2D eigenvalue weighted by Crippen LogP contribution is -2.28. The van der Waals surface area contributed by atoms with E-state index in [-0.39, 0.29) is 17.0 Å². The maximum absolute atomic E-state index is 12.8. The lowest BCUT2D eigenvalue weighted by Gasteiger charge is -2.25. The Balaban J connectivity index is 1.85. The molecule has 0 bridgehead atoms. The third-order valence-electron chi connectivity index (χ3n) is 4.33. The first kappa shape index (κ1) is 19.4. The van der Waals surface area contributed by atoms with Gasteiger partial charge in [-0.2, -0.15) is 13.2 Å². The van der Waals surface area contributed by atoms with Crippen LogP contribution < -0.4 is 9.47 Å². The summed E-state index contributed by atoms with van der Waals surface area (Å²) in [5.74, 6) is 1.44. The van der Waals surface area contributed by atoms with Crippen LogP contribution in [0.1, 0.15) is 22.1 Å². The molecule has 144 valence electrons. The fraction of sp³-hybridized carbons (Fsp3) is 0.316. The summed E-state index contributed by atoms with van der Waals surface area (Å²) in [7, 11) is 3.09. The highest BCUT2D eigenvalue weighted by atomic mass is 32.2. The van der Waals surface area contributed by atoms with E-state index in [9.17, 15) is 18.0 Å². The number of alkyl halides is 3. The van der Waals surface area contributed by atoms with Gasteiger partial charge < -0.3 is 14.4 Å². The number of rotatable bonds is 5. The molecule has 1 heterocycles. The smallest absolute Gasteiger partial charge is 0.416 e. The predicted octanol–water partition coefficient (Wildman–Crippen LogP) is 4.50. The minimum absolute atomic E-state index is 0.0669. The number of methoxy groups -OCH3 is 2. The van der Waals surface area contributed by atoms with E-state index < -0.39 is 11.7 Å². The first-order chi connectivity index (χ1) is 12.8. The van der Waals surface area contributed by atoms with Crippen molar-refractivity contribution in [3.63, 3.8) is 0 Å². The number of carbonyl (C=O) groups excluding carboxylic acids is 1. The SMILES string of the molecule is COc1ccc(CN2C(=O)CSC2c2ccc(C(F)(F)F)cc2)c(OC)c1. The van der Waals surface area contributed by atoms with Crippen molar-refractivity contribution in [1.82, 2.24) is 4.90 Å². The third kappa shape index (κ3) is 4.16. The van der Waals surface area contributed by atoms with Crippen molar-refractivity contribution >= 4 is 17.7 Å². The molecule has 1 aliphatic rings.